The van der Waals surface area contributed by atoms with Crippen LogP contribution in [0, 0.1) is 13.8 Å². The first-order valence-electron chi connectivity index (χ1n) is 13.8. The molecule has 3 amide bonds. The van der Waals surface area contributed by atoms with Crippen molar-refractivity contribution in [2.45, 2.75) is 46.6 Å². The molecule has 4 aromatic rings. The van der Waals surface area contributed by atoms with Gasteiger partial charge in [-0.05, 0) is 85.0 Å². The molecule has 3 aromatic carbocycles. The first kappa shape index (κ1) is 31.6. The summed E-state index contributed by atoms with van der Waals surface area (Å²) in [6.45, 7) is 7.88. The van der Waals surface area contributed by atoms with Crippen LogP contribution in [0.25, 0.3) is 5.69 Å². The van der Waals surface area contributed by atoms with Crippen molar-refractivity contribution in [1.29, 1.82) is 0 Å². The van der Waals surface area contributed by atoms with Crippen LogP contribution in [0.2, 0.25) is 0 Å². The minimum absolute atomic E-state index is 0.0273. The Morgan fingerprint density at radius 1 is 1.07 bits per heavy atom. The molecule has 1 saturated heterocycles. The summed E-state index contributed by atoms with van der Waals surface area (Å²) in [7, 11) is 0. The van der Waals surface area contributed by atoms with Crippen molar-refractivity contribution >= 4 is 40.2 Å². The van der Waals surface area contributed by atoms with E-state index in [1.54, 1.807) is 25.1 Å². The molecule has 45 heavy (non-hydrogen) atoms. The van der Waals surface area contributed by atoms with Crippen molar-refractivity contribution in [2.75, 3.05) is 16.0 Å². The van der Waals surface area contributed by atoms with Gasteiger partial charge >= 0.3 is 12.4 Å². The van der Waals surface area contributed by atoms with E-state index in [0.29, 0.717) is 33.7 Å². The van der Waals surface area contributed by atoms with E-state index in [9.17, 15) is 22.8 Å². The summed E-state index contributed by atoms with van der Waals surface area (Å²) in [5, 5.41) is 7.40. The summed E-state index contributed by atoms with van der Waals surface area (Å²) in [6.07, 6.45) is -3.35. The number of nitrogens with zero attached hydrogens (tertiary/aromatic N) is 5. The lowest BCUT2D eigenvalue weighted by atomic mass is 9.99. The number of aryl methyl sites for hydroxylation is 2. The number of halogens is 3. The first-order chi connectivity index (χ1) is 21.4. The zero-order chi connectivity index (χ0) is 32.3. The predicted molar refractivity (Wildman–Crippen MR) is 165 cm³/mol. The molecule has 2 heterocycles. The number of anilines is 2. The highest BCUT2D eigenvalue weighted by Gasteiger charge is 2.33. The van der Waals surface area contributed by atoms with Gasteiger partial charge in [0.15, 0.2) is 11.0 Å². The second-order valence-corrected chi connectivity index (χ2v) is 11.4. The van der Waals surface area contributed by atoms with Gasteiger partial charge in [0.05, 0.1) is 17.1 Å². The number of aliphatic imine (C=N–C) groups is 1. The van der Waals surface area contributed by atoms with E-state index in [0.717, 1.165) is 16.8 Å². The zero-order valence-corrected chi connectivity index (χ0v) is 25.6. The smallest absolute Gasteiger partial charge is 0.486 e. The minimum Gasteiger partial charge on any atom is -0.486 e. The number of urea groups is 1. The number of carbonyl (C=O) groups excluding carboxylic acids is 2. The number of carbonyl (C=O) groups is 2. The fourth-order valence-corrected chi connectivity index (χ4v) is 5.41. The van der Waals surface area contributed by atoms with Gasteiger partial charge in [-0.2, -0.15) is 4.99 Å². The number of alkyl halides is 3. The van der Waals surface area contributed by atoms with Crippen LogP contribution in [0.5, 0.6) is 11.5 Å². The van der Waals surface area contributed by atoms with E-state index in [2.05, 4.69) is 25.1 Å². The lowest BCUT2D eigenvalue weighted by Crippen LogP contribution is -2.31. The molecule has 14 heteroatoms. The Kier molecular flexibility index (Phi) is 9.14. The zero-order valence-electron chi connectivity index (χ0n) is 24.8. The number of hydrogen-bond acceptors (Lipinski definition) is 7. The van der Waals surface area contributed by atoms with Gasteiger partial charge in [-0.1, -0.05) is 37.7 Å². The van der Waals surface area contributed by atoms with E-state index >= 15 is 0 Å². The topological polar surface area (TPSA) is 111 Å². The van der Waals surface area contributed by atoms with Crippen LogP contribution in [0.3, 0.4) is 0 Å². The van der Waals surface area contributed by atoms with Crippen LogP contribution in [-0.2, 0) is 11.4 Å². The maximum absolute atomic E-state index is 12.9. The number of amides is 3. The largest absolute Gasteiger partial charge is 0.573 e. The number of aromatic nitrogens is 3. The molecule has 1 aromatic heterocycles. The van der Waals surface area contributed by atoms with Gasteiger partial charge in [0.25, 0.3) is 0 Å². The van der Waals surface area contributed by atoms with Crippen LogP contribution in [0.15, 0.2) is 72.0 Å². The molecule has 0 unspecified atom stereocenters. The molecule has 234 valence electrons. The Balaban J connectivity index is 1.21. The standard InChI is InChI=1S/C31H29F3N6O4S/c1-18(2)24-11-5-19(3)13-26(24)40-28(41)16-45-30(40)37-29(42)36-25-12-10-23(14-20(25)4)43-15-27-35-17-39(38-27)21-6-8-22(9-7-21)44-31(32,33)34/h5-14,17-18H,15-16H2,1-4H3,(H,36,42). The fraction of sp³-hybridized carbons (Fsp3) is 0.258. The summed E-state index contributed by atoms with van der Waals surface area (Å²) in [5.74, 6) is 0.744. The monoisotopic (exact) mass is 638 g/mol. The average molecular weight is 639 g/mol. The Morgan fingerprint density at radius 2 is 1.80 bits per heavy atom. The van der Waals surface area contributed by atoms with Gasteiger partial charge in [0.1, 0.15) is 24.4 Å². The maximum Gasteiger partial charge on any atom is 0.573 e. The molecule has 1 aliphatic rings. The molecular weight excluding hydrogens is 609 g/mol. The van der Waals surface area contributed by atoms with Crippen LogP contribution < -0.4 is 19.7 Å². The number of hydrogen-bond donors (Lipinski definition) is 1. The molecule has 0 atom stereocenters. The molecule has 10 nitrogen and oxygen atoms in total. The van der Waals surface area contributed by atoms with E-state index in [4.69, 9.17) is 4.74 Å². The van der Waals surface area contributed by atoms with Gasteiger partial charge < -0.3 is 14.8 Å². The normalized spacial score (nSPS) is 14.4. The summed E-state index contributed by atoms with van der Waals surface area (Å²) < 4.78 is 48.3. The van der Waals surface area contributed by atoms with Crippen molar-refractivity contribution in [3.05, 3.63) is 89.5 Å². The number of amidine groups is 1. The van der Waals surface area contributed by atoms with Crippen molar-refractivity contribution < 1.29 is 32.2 Å². The molecule has 0 bridgehead atoms. The molecule has 0 radical (unpaired) electrons. The van der Waals surface area contributed by atoms with Crippen molar-refractivity contribution in [3.63, 3.8) is 0 Å². The third-order valence-corrected chi connectivity index (χ3v) is 7.62. The molecule has 0 spiro atoms. The summed E-state index contributed by atoms with van der Waals surface area (Å²) in [4.78, 5) is 35.7. The summed E-state index contributed by atoms with van der Waals surface area (Å²) in [5.41, 5.74) is 4.46. The van der Waals surface area contributed by atoms with E-state index < -0.39 is 12.4 Å². The van der Waals surface area contributed by atoms with Gasteiger partial charge in [-0.15, -0.1) is 18.3 Å². The maximum atomic E-state index is 12.9. The van der Waals surface area contributed by atoms with Gasteiger partial charge in [0.2, 0.25) is 5.91 Å². The lowest BCUT2D eigenvalue weighted by Gasteiger charge is -2.22. The summed E-state index contributed by atoms with van der Waals surface area (Å²) in [6, 6.07) is 15.6. The van der Waals surface area contributed by atoms with E-state index in [1.807, 2.05) is 39.0 Å². The molecule has 1 aliphatic heterocycles. The number of benzene rings is 3. The SMILES string of the molecule is Cc1ccc(C(C)C)c(N2C(=O)CSC2=NC(=O)Nc2ccc(OCc3ncn(-c4ccc(OC(F)(F)F)cc4)n3)cc2C)c1. The Morgan fingerprint density at radius 3 is 2.49 bits per heavy atom. The van der Waals surface area contributed by atoms with Gasteiger partial charge in [-0.25, -0.2) is 14.5 Å². The van der Waals surface area contributed by atoms with Crippen LogP contribution in [-0.4, -0.2) is 44.0 Å². The second-order valence-electron chi connectivity index (χ2n) is 10.5. The number of thioether (sulfide) groups is 1. The summed E-state index contributed by atoms with van der Waals surface area (Å²) >= 11 is 1.22. The average Bonchev–Trinajstić information content (AvgIpc) is 3.59. The third-order valence-electron chi connectivity index (χ3n) is 6.69. The highest BCUT2D eigenvalue weighted by Crippen LogP contribution is 2.34. The van der Waals surface area contributed by atoms with Crippen molar-refractivity contribution in [3.8, 4) is 17.2 Å². The molecule has 1 N–H and O–H groups in total. The van der Waals surface area contributed by atoms with E-state index in [1.165, 1.54) is 51.9 Å². The highest BCUT2D eigenvalue weighted by molar-refractivity contribution is 8.15. The Hall–Kier alpha value is -4.85. The fourth-order valence-electron chi connectivity index (χ4n) is 4.55. The first-order valence-corrected chi connectivity index (χ1v) is 14.8. The van der Waals surface area contributed by atoms with Gasteiger partial charge in [-0.3, -0.25) is 9.69 Å². The minimum atomic E-state index is -4.77. The quantitative estimate of drug-likeness (QED) is 0.218. The third kappa shape index (κ3) is 7.81. The number of rotatable bonds is 8. The van der Waals surface area contributed by atoms with Crippen LogP contribution in [0.1, 0.15) is 42.3 Å². The van der Waals surface area contributed by atoms with Gasteiger partial charge in [0, 0.05) is 5.69 Å². The van der Waals surface area contributed by atoms with Crippen LogP contribution in [0.4, 0.5) is 29.3 Å². The van der Waals surface area contributed by atoms with Crippen molar-refractivity contribution in [1.82, 2.24) is 14.8 Å². The van der Waals surface area contributed by atoms with E-state index in [-0.39, 0.29) is 29.9 Å². The molecule has 1 fully saturated rings. The lowest BCUT2D eigenvalue weighted by molar-refractivity contribution is -0.274. The molecule has 5 rings (SSSR count). The number of ether oxygens (including phenoxy) is 2. The highest BCUT2D eigenvalue weighted by atomic mass is 32.2. The second kappa shape index (κ2) is 13.0. The van der Waals surface area contributed by atoms with Crippen molar-refractivity contribution in [2.24, 2.45) is 4.99 Å². The Labute approximate surface area is 261 Å². The van der Waals surface area contributed by atoms with Crippen LogP contribution >= 0.6 is 11.8 Å². The molecule has 0 saturated carbocycles. The Bertz CT molecular complexity index is 1750. The molecule has 0 aliphatic carbocycles. The number of nitrogens with one attached hydrogen (secondary N) is 1. The molecular formula is C31H29F3N6O4S. The predicted octanol–water partition coefficient (Wildman–Crippen LogP) is 7.15.